The lowest BCUT2D eigenvalue weighted by Crippen LogP contribution is -2.50. The minimum atomic E-state index is -1.20. The predicted octanol–water partition coefficient (Wildman–Crippen LogP) is 3.26. The number of thiazole rings is 1. The zero-order valence-corrected chi connectivity index (χ0v) is 23.0. The molecular formula is C28H29N5O6S. The summed E-state index contributed by atoms with van der Waals surface area (Å²) in [4.78, 5) is 69.1. The largest absolute Gasteiger partial charge is 0.484 e. The average Bonchev–Trinajstić information content (AvgIpc) is 3.56. The monoisotopic (exact) mass is 563 g/mol. The number of hydrogen-bond donors (Lipinski definition) is 3. The average molecular weight is 564 g/mol. The van der Waals surface area contributed by atoms with Gasteiger partial charge in [-0.3, -0.25) is 19.2 Å². The second kappa shape index (κ2) is 12.5. The van der Waals surface area contributed by atoms with Crippen LogP contribution in [0.4, 0.5) is 9.93 Å². The number of anilines is 1. The van der Waals surface area contributed by atoms with Crippen LogP contribution in [0.2, 0.25) is 0 Å². The van der Waals surface area contributed by atoms with Crippen molar-refractivity contribution >= 4 is 46.0 Å². The number of nitrogens with one attached hydrogen (secondary N) is 3. The minimum absolute atomic E-state index is 0.159. The minimum Gasteiger partial charge on any atom is -0.484 e. The fourth-order valence-corrected chi connectivity index (χ4v) is 5.01. The first-order chi connectivity index (χ1) is 19.2. The molecule has 1 aliphatic rings. The van der Waals surface area contributed by atoms with Gasteiger partial charge in [0.15, 0.2) is 17.5 Å². The van der Waals surface area contributed by atoms with E-state index in [-0.39, 0.29) is 35.5 Å². The molecule has 3 atom stereocenters. The number of carbonyl (C=O) groups excluding carboxylic acids is 5. The third-order valence-corrected chi connectivity index (χ3v) is 7.28. The third kappa shape index (κ3) is 6.18. The van der Waals surface area contributed by atoms with Gasteiger partial charge in [0, 0.05) is 24.8 Å². The smallest absolute Gasteiger partial charge is 0.325 e. The predicted molar refractivity (Wildman–Crippen MR) is 148 cm³/mol. The van der Waals surface area contributed by atoms with Crippen molar-refractivity contribution in [2.45, 2.75) is 38.3 Å². The number of rotatable bonds is 11. The number of nitrogens with zero attached hydrogens (tertiary/aromatic N) is 2. The molecule has 0 radical (unpaired) electrons. The first-order valence-corrected chi connectivity index (χ1v) is 13.5. The number of carbonyl (C=O) groups is 5. The fraction of sp³-hybridized carbons (Fsp3) is 0.286. The number of urea groups is 1. The zero-order valence-electron chi connectivity index (χ0n) is 22.2. The van der Waals surface area contributed by atoms with E-state index in [9.17, 15) is 24.0 Å². The third-order valence-electron chi connectivity index (χ3n) is 6.52. The van der Waals surface area contributed by atoms with Gasteiger partial charge >= 0.3 is 6.03 Å². The quantitative estimate of drug-likeness (QED) is 0.240. The van der Waals surface area contributed by atoms with Crippen molar-refractivity contribution in [3.63, 3.8) is 0 Å². The Bertz CT molecular complexity index is 1410. The Morgan fingerprint density at radius 2 is 1.80 bits per heavy atom. The van der Waals surface area contributed by atoms with Gasteiger partial charge in [0.1, 0.15) is 23.5 Å². The van der Waals surface area contributed by atoms with E-state index in [1.165, 1.54) is 7.05 Å². The Kier molecular flexibility index (Phi) is 8.90. The van der Waals surface area contributed by atoms with Gasteiger partial charge in [-0.25, -0.2) is 14.7 Å². The Balaban J connectivity index is 1.59. The highest BCUT2D eigenvalue weighted by Crippen LogP contribution is 2.32. The summed E-state index contributed by atoms with van der Waals surface area (Å²) in [6.45, 7) is 3.32. The number of benzene rings is 2. The molecule has 1 fully saturated rings. The van der Waals surface area contributed by atoms with E-state index in [4.69, 9.17) is 4.74 Å². The van der Waals surface area contributed by atoms with Gasteiger partial charge in [-0.05, 0) is 23.3 Å². The number of amides is 5. The van der Waals surface area contributed by atoms with Crippen LogP contribution in [0.15, 0.2) is 60.0 Å². The number of imide groups is 1. The van der Waals surface area contributed by atoms with Crippen molar-refractivity contribution < 1.29 is 28.7 Å². The van der Waals surface area contributed by atoms with Gasteiger partial charge < -0.3 is 20.7 Å². The van der Waals surface area contributed by atoms with E-state index in [2.05, 4.69) is 20.9 Å². The molecule has 5 amide bonds. The first kappa shape index (κ1) is 28.4. The van der Waals surface area contributed by atoms with Crippen LogP contribution in [0.3, 0.4) is 0 Å². The maximum Gasteiger partial charge on any atom is 0.325 e. The highest BCUT2D eigenvalue weighted by atomic mass is 32.1. The van der Waals surface area contributed by atoms with Crippen molar-refractivity contribution in [1.82, 2.24) is 20.5 Å². The lowest BCUT2D eigenvalue weighted by molar-refractivity contribution is -0.134. The van der Waals surface area contributed by atoms with Crippen molar-refractivity contribution in [2.24, 2.45) is 0 Å². The normalized spacial score (nSPS) is 16.2. The summed E-state index contributed by atoms with van der Waals surface area (Å²) >= 11 is 1.09. The Morgan fingerprint density at radius 1 is 1.10 bits per heavy atom. The SMILES string of the molecule is CCC(=O)c1csc(NC(=O)C([C@@H](C)c2ccccc2)N2C(=O)N[C@H](c3ccc(OCC(=O)NC)cc3)C2=O)n1. The molecule has 4 rings (SSSR count). The van der Waals surface area contributed by atoms with E-state index in [1.54, 1.807) is 43.5 Å². The van der Waals surface area contributed by atoms with Crippen LogP contribution in [0, 0.1) is 0 Å². The van der Waals surface area contributed by atoms with Crippen LogP contribution in [-0.4, -0.2) is 59.1 Å². The molecule has 1 aromatic heterocycles. The molecule has 11 nitrogen and oxygen atoms in total. The number of likely N-dealkylation sites (N-methyl/N-ethyl adjacent to an activating group) is 1. The summed E-state index contributed by atoms with van der Waals surface area (Å²) < 4.78 is 5.40. The molecule has 1 unspecified atom stereocenters. The molecule has 1 saturated heterocycles. The van der Waals surface area contributed by atoms with Gasteiger partial charge in [-0.2, -0.15) is 0 Å². The molecule has 3 N–H and O–H groups in total. The van der Waals surface area contributed by atoms with E-state index >= 15 is 0 Å². The number of ketones is 1. The van der Waals surface area contributed by atoms with Crippen molar-refractivity contribution in [1.29, 1.82) is 0 Å². The van der Waals surface area contributed by atoms with Crippen LogP contribution in [0.25, 0.3) is 0 Å². The van der Waals surface area contributed by atoms with Crippen molar-refractivity contribution in [3.8, 4) is 5.75 Å². The molecule has 0 aliphatic carbocycles. The summed E-state index contributed by atoms with van der Waals surface area (Å²) in [6.07, 6.45) is 0.274. The molecule has 12 heteroatoms. The second-order valence-corrected chi connectivity index (χ2v) is 9.93. The van der Waals surface area contributed by atoms with Crippen LogP contribution < -0.4 is 20.7 Å². The Labute approximate surface area is 234 Å². The number of aromatic nitrogens is 1. The van der Waals surface area contributed by atoms with Gasteiger partial charge in [0.25, 0.3) is 11.8 Å². The molecule has 2 aromatic carbocycles. The van der Waals surface area contributed by atoms with Crippen LogP contribution in [0.1, 0.15) is 53.8 Å². The maximum absolute atomic E-state index is 13.6. The zero-order chi connectivity index (χ0) is 28.8. The first-order valence-electron chi connectivity index (χ1n) is 12.6. The molecule has 1 aliphatic heterocycles. The van der Waals surface area contributed by atoms with Crippen LogP contribution >= 0.6 is 11.3 Å². The molecular weight excluding hydrogens is 534 g/mol. The van der Waals surface area contributed by atoms with Crippen molar-refractivity contribution in [2.75, 3.05) is 19.0 Å². The Morgan fingerprint density at radius 3 is 2.45 bits per heavy atom. The lowest BCUT2D eigenvalue weighted by Gasteiger charge is -2.29. The topological polar surface area (TPSA) is 147 Å². The molecule has 0 spiro atoms. The van der Waals surface area contributed by atoms with Gasteiger partial charge in [0.05, 0.1) is 0 Å². The molecule has 0 bridgehead atoms. The maximum atomic E-state index is 13.6. The Hall–Kier alpha value is -4.58. The molecule has 40 heavy (non-hydrogen) atoms. The number of ether oxygens (including phenoxy) is 1. The van der Waals surface area contributed by atoms with Crippen LogP contribution in [-0.2, 0) is 14.4 Å². The number of hydrogen-bond acceptors (Lipinski definition) is 8. The standard InChI is InChI=1S/C28H29N5O6S/c1-4-21(34)20-15-40-27(30-20)32-25(36)24(16(2)17-8-6-5-7-9-17)33-26(37)23(31-28(33)38)18-10-12-19(13-11-18)39-14-22(35)29-3/h5-13,15-16,23-24H,4,14H2,1-3H3,(H,29,35)(H,31,38)(H,30,32,36)/t16-,23+,24?/m0/s1. The summed E-state index contributed by atoms with van der Waals surface area (Å²) in [5.41, 5.74) is 1.49. The number of Topliss-reactive ketones (excluding diaryl/α,β-unsaturated/α-hetero) is 1. The van der Waals surface area contributed by atoms with Crippen LogP contribution in [0.5, 0.6) is 5.75 Å². The summed E-state index contributed by atoms with van der Waals surface area (Å²) in [5, 5.41) is 9.58. The molecule has 2 heterocycles. The van der Waals surface area contributed by atoms with E-state index in [0.717, 1.165) is 21.8 Å². The van der Waals surface area contributed by atoms with Gasteiger partial charge in [-0.1, -0.05) is 56.3 Å². The van der Waals surface area contributed by atoms with Gasteiger partial charge in [-0.15, -0.1) is 11.3 Å². The molecule has 208 valence electrons. The lowest BCUT2D eigenvalue weighted by atomic mass is 9.91. The fourth-order valence-electron chi connectivity index (χ4n) is 4.29. The highest BCUT2D eigenvalue weighted by molar-refractivity contribution is 7.14. The molecule has 3 aromatic rings. The summed E-state index contributed by atoms with van der Waals surface area (Å²) in [7, 11) is 1.50. The summed E-state index contributed by atoms with van der Waals surface area (Å²) in [5.74, 6) is -1.79. The van der Waals surface area contributed by atoms with E-state index in [1.807, 2.05) is 30.3 Å². The summed E-state index contributed by atoms with van der Waals surface area (Å²) in [6, 6.07) is 12.6. The van der Waals surface area contributed by atoms with Crippen molar-refractivity contribution in [3.05, 3.63) is 76.8 Å². The van der Waals surface area contributed by atoms with Gasteiger partial charge in [0.2, 0.25) is 5.91 Å². The molecule has 0 saturated carbocycles. The van der Waals surface area contributed by atoms with E-state index < -0.39 is 35.8 Å². The van der Waals surface area contributed by atoms with E-state index in [0.29, 0.717) is 11.3 Å². The highest BCUT2D eigenvalue weighted by Gasteiger charge is 2.47. The second-order valence-electron chi connectivity index (χ2n) is 9.07.